The third kappa shape index (κ3) is 4.91. The van der Waals surface area contributed by atoms with Crippen molar-refractivity contribution < 1.29 is 19.4 Å². The lowest BCUT2D eigenvalue weighted by Gasteiger charge is -2.28. The van der Waals surface area contributed by atoms with Crippen LogP contribution < -0.4 is 0 Å². The van der Waals surface area contributed by atoms with Crippen LogP contribution >= 0.6 is 0 Å². The van der Waals surface area contributed by atoms with Gasteiger partial charge in [0.1, 0.15) is 6.54 Å². The number of rotatable bonds is 8. The zero-order valence-electron chi connectivity index (χ0n) is 11.1. The fourth-order valence-corrected chi connectivity index (χ4v) is 1.78. The summed E-state index contributed by atoms with van der Waals surface area (Å²) in [6, 6.07) is -0.205. The minimum atomic E-state index is -0.966. The molecule has 1 rings (SSSR count). The lowest BCUT2D eigenvalue weighted by Crippen LogP contribution is -2.47. The van der Waals surface area contributed by atoms with Gasteiger partial charge in [0.05, 0.1) is 6.61 Å². The molecule has 104 valence electrons. The zero-order valence-corrected chi connectivity index (χ0v) is 11.1. The van der Waals surface area contributed by atoms with Gasteiger partial charge in [0.15, 0.2) is 0 Å². The quantitative estimate of drug-likeness (QED) is 0.701. The number of nitrogens with zero attached hydrogens (tertiary/aromatic N) is 2. The van der Waals surface area contributed by atoms with Crippen LogP contribution in [0, 0.1) is 5.92 Å². The number of hydrogen-bond acceptors (Lipinski definition) is 3. The van der Waals surface area contributed by atoms with Crippen LogP contribution in [0.3, 0.4) is 0 Å². The molecule has 0 atom stereocenters. The second-order valence-electron chi connectivity index (χ2n) is 4.57. The van der Waals surface area contributed by atoms with Gasteiger partial charge in [-0.1, -0.05) is 0 Å². The van der Waals surface area contributed by atoms with E-state index in [1.54, 1.807) is 12.0 Å². The average molecular weight is 258 g/mol. The highest BCUT2D eigenvalue weighted by Crippen LogP contribution is 2.29. The minimum absolute atomic E-state index is 0.205. The monoisotopic (exact) mass is 258 g/mol. The Bertz CT molecular complexity index is 292. The van der Waals surface area contributed by atoms with Gasteiger partial charge in [-0.05, 0) is 25.7 Å². The summed E-state index contributed by atoms with van der Waals surface area (Å²) in [6.07, 6.45) is 2.18. The van der Waals surface area contributed by atoms with E-state index in [0.29, 0.717) is 32.2 Å². The number of carboxylic acids is 1. The van der Waals surface area contributed by atoms with E-state index in [1.165, 1.54) is 4.90 Å². The first kappa shape index (κ1) is 14.8. The number of methoxy groups -OCH3 is 1. The Balaban J connectivity index is 2.56. The molecule has 1 saturated carbocycles. The van der Waals surface area contributed by atoms with Crippen molar-refractivity contribution in [2.24, 2.45) is 5.92 Å². The van der Waals surface area contributed by atoms with Gasteiger partial charge >= 0.3 is 12.0 Å². The number of carbonyl (C=O) groups excluding carboxylic acids is 1. The Kier molecular flexibility index (Phi) is 5.91. The third-order valence-electron chi connectivity index (χ3n) is 2.99. The van der Waals surface area contributed by atoms with Gasteiger partial charge in [-0.15, -0.1) is 0 Å². The van der Waals surface area contributed by atoms with Crippen LogP contribution in [0.1, 0.15) is 19.8 Å². The number of aliphatic carboxylic acids is 1. The maximum absolute atomic E-state index is 12.2. The highest BCUT2D eigenvalue weighted by Gasteiger charge is 2.29. The maximum Gasteiger partial charge on any atom is 0.323 e. The van der Waals surface area contributed by atoms with Crippen molar-refractivity contribution in [3.63, 3.8) is 0 Å². The maximum atomic E-state index is 12.2. The molecule has 1 aliphatic carbocycles. The Labute approximate surface area is 107 Å². The lowest BCUT2D eigenvalue weighted by molar-refractivity contribution is -0.137. The molecule has 0 bridgehead atoms. The summed E-state index contributed by atoms with van der Waals surface area (Å²) in [7, 11) is 1.58. The first-order valence-corrected chi connectivity index (χ1v) is 6.33. The van der Waals surface area contributed by atoms with Crippen molar-refractivity contribution in [3.05, 3.63) is 0 Å². The van der Waals surface area contributed by atoms with Crippen molar-refractivity contribution >= 4 is 12.0 Å². The molecule has 1 aliphatic rings. The first-order chi connectivity index (χ1) is 8.58. The highest BCUT2D eigenvalue weighted by atomic mass is 16.5. The summed E-state index contributed by atoms with van der Waals surface area (Å²) >= 11 is 0. The molecule has 0 unspecified atom stereocenters. The Morgan fingerprint density at radius 1 is 1.33 bits per heavy atom. The molecular weight excluding hydrogens is 236 g/mol. The van der Waals surface area contributed by atoms with Crippen LogP contribution in [0.15, 0.2) is 0 Å². The van der Waals surface area contributed by atoms with E-state index in [-0.39, 0.29) is 12.6 Å². The smallest absolute Gasteiger partial charge is 0.323 e. The summed E-state index contributed by atoms with van der Waals surface area (Å²) in [4.78, 5) is 26.1. The molecule has 0 heterocycles. The van der Waals surface area contributed by atoms with Crippen LogP contribution in [0.5, 0.6) is 0 Å². The lowest BCUT2D eigenvalue weighted by atomic mass is 10.3. The molecule has 2 amide bonds. The summed E-state index contributed by atoms with van der Waals surface area (Å²) in [6.45, 7) is 3.72. The number of ether oxygens (including phenoxy) is 1. The Morgan fingerprint density at radius 3 is 2.44 bits per heavy atom. The molecular formula is C12H22N2O4. The molecule has 1 fully saturated rings. The first-order valence-electron chi connectivity index (χ1n) is 6.33. The fraction of sp³-hybridized carbons (Fsp3) is 0.833. The largest absolute Gasteiger partial charge is 0.480 e. The SMILES string of the molecule is CCN(CCOC)C(=O)N(CC(=O)O)CC1CC1. The van der Waals surface area contributed by atoms with Crippen LogP contribution in [0.2, 0.25) is 0 Å². The minimum Gasteiger partial charge on any atom is -0.480 e. The van der Waals surface area contributed by atoms with Crippen LogP contribution in [-0.4, -0.2) is 66.8 Å². The van der Waals surface area contributed by atoms with Crippen molar-refractivity contribution in [1.29, 1.82) is 0 Å². The number of likely N-dealkylation sites (N-methyl/N-ethyl adjacent to an activating group) is 1. The fourth-order valence-electron chi connectivity index (χ4n) is 1.78. The molecule has 1 N–H and O–H groups in total. The molecule has 0 spiro atoms. The number of amides is 2. The molecule has 0 aromatic rings. The average Bonchev–Trinajstić information content (AvgIpc) is 3.12. The number of urea groups is 1. The second kappa shape index (κ2) is 7.20. The summed E-state index contributed by atoms with van der Waals surface area (Å²) in [5.41, 5.74) is 0. The summed E-state index contributed by atoms with van der Waals surface area (Å²) in [5, 5.41) is 8.86. The van der Waals surface area contributed by atoms with Crippen molar-refractivity contribution in [1.82, 2.24) is 9.80 Å². The Morgan fingerprint density at radius 2 is 2.00 bits per heavy atom. The van der Waals surface area contributed by atoms with Gasteiger partial charge in [0.2, 0.25) is 0 Å². The van der Waals surface area contributed by atoms with Gasteiger partial charge < -0.3 is 19.6 Å². The Hall–Kier alpha value is -1.30. The number of hydrogen-bond donors (Lipinski definition) is 1. The van der Waals surface area contributed by atoms with E-state index in [4.69, 9.17) is 9.84 Å². The van der Waals surface area contributed by atoms with E-state index >= 15 is 0 Å². The van der Waals surface area contributed by atoms with Crippen LogP contribution in [-0.2, 0) is 9.53 Å². The topological polar surface area (TPSA) is 70.1 Å². The molecule has 0 radical (unpaired) electrons. The third-order valence-corrected chi connectivity index (χ3v) is 2.99. The van der Waals surface area contributed by atoms with Crippen molar-refractivity contribution in [2.75, 3.05) is 39.9 Å². The normalized spacial score (nSPS) is 14.3. The second-order valence-corrected chi connectivity index (χ2v) is 4.57. The molecule has 0 aromatic carbocycles. The van der Waals surface area contributed by atoms with Gasteiger partial charge in [-0.3, -0.25) is 4.79 Å². The van der Waals surface area contributed by atoms with E-state index in [1.807, 2.05) is 6.92 Å². The van der Waals surface area contributed by atoms with Gasteiger partial charge in [-0.25, -0.2) is 4.79 Å². The van der Waals surface area contributed by atoms with Gasteiger partial charge in [-0.2, -0.15) is 0 Å². The van der Waals surface area contributed by atoms with Crippen molar-refractivity contribution in [2.45, 2.75) is 19.8 Å². The van der Waals surface area contributed by atoms with Gasteiger partial charge in [0.25, 0.3) is 0 Å². The highest BCUT2D eigenvalue weighted by molar-refractivity contribution is 5.80. The molecule has 0 saturated heterocycles. The van der Waals surface area contributed by atoms with Crippen LogP contribution in [0.4, 0.5) is 4.79 Å². The van der Waals surface area contributed by atoms with Crippen LogP contribution in [0.25, 0.3) is 0 Å². The molecule has 6 heteroatoms. The molecule has 18 heavy (non-hydrogen) atoms. The number of carbonyl (C=O) groups is 2. The summed E-state index contributed by atoms with van der Waals surface area (Å²) in [5.74, 6) is -0.485. The summed E-state index contributed by atoms with van der Waals surface area (Å²) < 4.78 is 4.95. The zero-order chi connectivity index (χ0) is 13.5. The molecule has 0 aliphatic heterocycles. The predicted octanol–water partition coefficient (Wildman–Crippen LogP) is 0.871. The molecule has 0 aromatic heterocycles. The van der Waals surface area contributed by atoms with E-state index in [0.717, 1.165) is 12.8 Å². The standard InChI is InChI=1S/C12H22N2O4/c1-3-13(6-7-18-2)12(17)14(9-11(15)16)8-10-4-5-10/h10H,3-9H2,1-2H3,(H,15,16). The molecule has 6 nitrogen and oxygen atoms in total. The van der Waals surface area contributed by atoms with E-state index in [2.05, 4.69) is 0 Å². The predicted molar refractivity (Wildman–Crippen MR) is 66.5 cm³/mol. The van der Waals surface area contributed by atoms with E-state index < -0.39 is 5.97 Å². The number of carboxylic acid groups (broad SMARTS) is 1. The van der Waals surface area contributed by atoms with Crippen molar-refractivity contribution in [3.8, 4) is 0 Å². The van der Waals surface area contributed by atoms with Gasteiger partial charge in [0, 0.05) is 26.7 Å². The van der Waals surface area contributed by atoms with E-state index in [9.17, 15) is 9.59 Å².